The molecule has 6 nitrogen and oxygen atoms in total. The summed E-state index contributed by atoms with van der Waals surface area (Å²) < 4.78 is 0. The maximum atomic E-state index is 11.1. The molecule has 1 saturated heterocycles. The average molecular weight is 222 g/mol. The van der Waals surface area contributed by atoms with Gasteiger partial charge in [-0.05, 0) is 13.0 Å². The van der Waals surface area contributed by atoms with Crippen LogP contribution in [0.25, 0.3) is 0 Å². The van der Waals surface area contributed by atoms with Crippen molar-refractivity contribution in [2.45, 2.75) is 24.4 Å². The molecule has 2 unspecified atom stereocenters. The number of H-pyrrole nitrogens is 1. The molecule has 86 valence electrons. The number of carboxylic acids is 1. The molecule has 2 aliphatic rings. The molecule has 0 radical (unpaired) electrons. The summed E-state index contributed by atoms with van der Waals surface area (Å²) >= 11 is 0. The van der Waals surface area contributed by atoms with Crippen LogP contribution in [0.15, 0.2) is 6.33 Å². The highest BCUT2D eigenvalue weighted by Gasteiger charge is 2.45. The largest absolute Gasteiger partial charge is 0.480 e. The van der Waals surface area contributed by atoms with Gasteiger partial charge in [-0.2, -0.15) is 0 Å². The summed E-state index contributed by atoms with van der Waals surface area (Å²) in [6.07, 6.45) is 3.01. The molecular weight excluding hydrogens is 208 g/mol. The van der Waals surface area contributed by atoms with Crippen molar-refractivity contribution in [2.75, 3.05) is 13.1 Å². The van der Waals surface area contributed by atoms with E-state index in [1.165, 1.54) is 0 Å². The number of nitrogens with zero attached hydrogens (tertiary/aromatic N) is 1. The molecule has 1 aromatic heterocycles. The summed E-state index contributed by atoms with van der Waals surface area (Å²) in [5, 5.41) is 15.6. The Bertz CT molecular complexity index is 422. The first-order valence-corrected chi connectivity index (χ1v) is 5.45. The van der Waals surface area contributed by atoms with Crippen molar-refractivity contribution in [2.24, 2.45) is 0 Å². The van der Waals surface area contributed by atoms with Gasteiger partial charge in [-0.25, -0.2) is 4.98 Å². The van der Waals surface area contributed by atoms with Crippen LogP contribution in [0.3, 0.4) is 0 Å². The van der Waals surface area contributed by atoms with Crippen LogP contribution in [0.1, 0.15) is 17.8 Å². The van der Waals surface area contributed by atoms with Gasteiger partial charge in [-0.3, -0.25) is 10.1 Å². The van der Waals surface area contributed by atoms with Gasteiger partial charge in [-0.15, -0.1) is 0 Å². The maximum absolute atomic E-state index is 11.1. The molecule has 0 saturated carbocycles. The fourth-order valence-electron chi connectivity index (χ4n) is 2.71. The lowest BCUT2D eigenvalue weighted by Crippen LogP contribution is -2.56. The molecule has 1 spiro atoms. The Morgan fingerprint density at radius 1 is 1.62 bits per heavy atom. The highest BCUT2D eigenvalue weighted by molar-refractivity contribution is 5.74. The second-order valence-electron chi connectivity index (χ2n) is 4.48. The van der Waals surface area contributed by atoms with Gasteiger partial charge in [0.05, 0.1) is 17.6 Å². The molecule has 0 bridgehead atoms. The minimum absolute atomic E-state index is 0.295. The first-order valence-electron chi connectivity index (χ1n) is 5.45. The Kier molecular flexibility index (Phi) is 2.02. The number of aromatic nitrogens is 2. The monoisotopic (exact) mass is 222 g/mol. The number of carboxylic acid groups (broad SMARTS) is 1. The van der Waals surface area contributed by atoms with Gasteiger partial charge in [0, 0.05) is 18.7 Å². The first kappa shape index (κ1) is 9.80. The number of imidazole rings is 1. The Morgan fingerprint density at radius 2 is 2.50 bits per heavy atom. The Labute approximate surface area is 92.5 Å². The number of carbonyl (C=O) groups is 1. The minimum atomic E-state index is -0.800. The van der Waals surface area contributed by atoms with E-state index in [9.17, 15) is 4.79 Å². The molecule has 0 aliphatic carbocycles. The molecule has 2 aliphatic heterocycles. The summed E-state index contributed by atoms with van der Waals surface area (Å²) in [6.45, 7) is 1.64. The molecule has 4 N–H and O–H groups in total. The van der Waals surface area contributed by atoms with E-state index in [1.807, 2.05) is 0 Å². The van der Waals surface area contributed by atoms with Crippen LogP contribution in [-0.4, -0.2) is 40.2 Å². The maximum Gasteiger partial charge on any atom is 0.321 e. The zero-order valence-electron chi connectivity index (χ0n) is 8.79. The van der Waals surface area contributed by atoms with Crippen LogP contribution in [0.4, 0.5) is 0 Å². The lowest BCUT2D eigenvalue weighted by Gasteiger charge is -2.36. The van der Waals surface area contributed by atoms with Gasteiger partial charge in [0.15, 0.2) is 0 Å². The molecular formula is C10H14N4O2. The predicted octanol–water partition coefficient (Wildman–Crippen LogP) is -0.803. The molecule has 3 rings (SSSR count). The summed E-state index contributed by atoms with van der Waals surface area (Å²) in [7, 11) is 0. The van der Waals surface area contributed by atoms with Gasteiger partial charge in [0.1, 0.15) is 6.04 Å². The molecule has 1 aromatic rings. The van der Waals surface area contributed by atoms with Crippen molar-refractivity contribution in [3.63, 3.8) is 0 Å². The number of hydrogen-bond acceptors (Lipinski definition) is 4. The van der Waals surface area contributed by atoms with Crippen LogP contribution in [0.5, 0.6) is 0 Å². The van der Waals surface area contributed by atoms with Crippen molar-refractivity contribution in [3.8, 4) is 0 Å². The van der Waals surface area contributed by atoms with Crippen LogP contribution in [-0.2, 0) is 16.8 Å². The smallest absolute Gasteiger partial charge is 0.321 e. The van der Waals surface area contributed by atoms with Crippen molar-refractivity contribution in [1.29, 1.82) is 0 Å². The van der Waals surface area contributed by atoms with E-state index in [4.69, 9.17) is 5.11 Å². The average Bonchev–Trinajstić information content (AvgIpc) is 2.87. The second-order valence-corrected chi connectivity index (χ2v) is 4.48. The zero-order valence-corrected chi connectivity index (χ0v) is 8.79. The van der Waals surface area contributed by atoms with E-state index in [-0.39, 0.29) is 5.54 Å². The normalized spacial score (nSPS) is 32.9. The van der Waals surface area contributed by atoms with Crippen molar-refractivity contribution >= 4 is 5.97 Å². The van der Waals surface area contributed by atoms with Gasteiger partial charge in [-0.1, -0.05) is 0 Å². The number of fused-ring (bicyclic) bond motifs is 2. The molecule has 2 atom stereocenters. The van der Waals surface area contributed by atoms with Crippen molar-refractivity contribution in [3.05, 3.63) is 17.7 Å². The highest BCUT2D eigenvalue weighted by atomic mass is 16.4. The molecule has 6 heteroatoms. The van der Waals surface area contributed by atoms with Crippen LogP contribution < -0.4 is 10.6 Å². The van der Waals surface area contributed by atoms with Gasteiger partial charge >= 0.3 is 5.97 Å². The van der Waals surface area contributed by atoms with Gasteiger partial charge in [0.2, 0.25) is 0 Å². The molecule has 16 heavy (non-hydrogen) atoms. The lowest BCUT2D eigenvalue weighted by molar-refractivity contribution is -0.140. The van der Waals surface area contributed by atoms with E-state index < -0.39 is 12.0 Å². The SMILES string of the molecule is O=C(O)C1Cc2[nH]cnc2C2(CCNC2)N1. The van der Waals surface area contributed by atoms with Crippen LogP contribution >= 0.6 is 0 Å². The lowest BCUT2D eigenvalue weighted by atomic mass is 9.85. The number of aliphatic carboxylic acids is 1. The summed E-state index contributed by atoms with van der Waals surface area (Å²) in [5.74, 6) is -0.800. The zero-order chi connectivity index (χ0) is 11.2. The molecule has 0 aromatic carbocycles. The van der Waals surface area contributed by atoms with Crippen LogP contribution in [0.2, 0.25) is 0 Å². The summed E-state index contributed by atoms with van der Waals surface area (Å²) in [5.41, 5.74) is 1.64. The fraction of sp³-hybridized carbons (Fsp3) is 0.600. The fourth-order valence-corrected chi connectivity index (χ4v) is 2.71. The van der Waals surface area contributed by atoms with Gasteiger partial charge < -0.3 is 15.4 Å². The number of hydrogen-bond donors (Lipinski definition) is 4. The Balaban J connectivity index is 2.03. The molecule has 3 heterocycles. The van der Waals surface area contributed by atoms with E-state index >= 15 is 0 Å². The Hall–Kier alpha value is -1.40. The second kappa shape index (κ2) is 3.29. The highest BCUT2D eigenvalue weighted by Crippen LogP contribution is 2.33. The predicted molar refractivity (Wildman–Crippen MR) is 56.0 cm³/mol. The summed E-state index contributed by atoms with van der Waals surface area (Å²) in [6, 6.07) is -0.521. The van der Waals surface area contributed by atoms with Crippen molar-refractivity contribution < 1.29 is 9.90 Å². The standard InChI is InChI=1S/C10H14N4O2/c15-9(16)7-3-6-8(13-5-12-6)10(14-7)1-2-11-4-10/h5,7,11,14H,1-4H2,(H,12,13)(H,15,16). The van der Waals surface area contributed by atoms with Gasteiger partial charge in [0.25, 0.3) is 0 Å². The number of aromatic amines is 1. The third kappa shape index (κ3) is 1.27. The quantitative estimate of drug-likeness (QED) is 0.499. The van der Waals surface area contributed by atoms with E-state index in [2.05, 4.69) is 20.6 Å². The number of rotatable bonds is 1. The minimum Gasteiger partial charge on any atom is -0.480 e. The third-order valence-electron chi connectivity index (χ3n) is 3.48. The van der Waals surface area contributed by atoms with E-state index in [0.29, 0.717) is 6.42 Å². The van der Waals surface area contributed by atoms with E-state index in [1.54, 1.807) is 6.33 Å². The topological polar surface area (TPSA) is 90.0 Å². The summed E-state index contributed by atoms with van der Waals surface area (Å²) in [4.78, 5) is 18.5. The first-order chi connectivity index (χ1) is 7.71. The van der Waals surface area contributed by atoms with Crippen LogP contribution in [0, 0.1) is 0 Å². The van der Waals surface area contributed by atoms with E-state index in [0.717, 1.165) is 30.9 Å². The molecule has 1 fully saturated rings. The molecule has 0 amide bonds. The Morgan fingerprint density at radius 3 is 3.19 bits per heavy atom. The number of nitrogens with one attached hydrogen (secondary N) is 3. The third-order valence-corrected chi connectivity index (χ3v) is 3.48. The van der Waals surface area contributed by atoms with Crippen molar-refractivity contribution in [1.82, 2.24) is 20.6 Å².